The number of benzene rings is 4. The molecule has 3 aliphatic rings. The second-order valence-electron chi connectivity index (χ2n) is 10.7. The molecule has 0 N–H and O–H groups in total. The molecule has 0 bridgehead atoms. The van der Waals surface area contributed by atoms with Gasteiger partial charge in [0.15, 0.2) is 17.3 Å². The molecule has 2 heterocycles. The molecular weight excluding hydrogens is 533 g/mol. The summed E-state index contributed by atoms with van der Waals surface area (Å²) in [6.45, 7) is 0. The standard InChI is InChI=1S/C35H26FNO5/c1-41-23-14-15-26(28(19-23)42-2)30-31(32(38)20-8-4-3-5-9-20)37-27-16-13-22(36)18-21(27)12-17-29(37)35(30)33(39)24-10-6-7-11-25(24)34(35)40/h3-19,29-31H,1-2H3/t29?,30-,31+/m0/s1. The zero-order valence-corrected chi connectivity index (χ0v) is 22.9. The highest BCUT2D eigenvalue weighted by Gasteiger charge is 2.72. The van der Waals surface area contributed by atoms with E-state index in [2.05, 4.69) is 0 Å². The fourth-order valence-electron chi connectivity index (χ4n) is 7.14. The van der Waals surface area contributed by atoms with Crippen molar-refractivity contribution < 1.29 is 28.2 Å². The maximum absolute atomic E-state index is 14.7. The van der Waals surface area contributed by atoms with E-state index >= 15 is 0 Å². The maximum Gasteiger partial charge on any atom is 0.185 e. The lowest BCUT2D eigenvalue weighted by Gasteiger charge is -2.37. The minimum atomic E-state index is -1.69. The Morgan fingerprint density at radius 3 is 2.19 bits per heavy atom. The molecule has 1 spiro atoms. The first-order valence-corrected chi connectivity index (χ1v) is 13.7. The molecule has 42 heavy (non-hydrogen) atoms. The van der Waals surface area contributed by atoms with Gasteiger partial charge >= 0.3 is 0 Å². The van der Waals surface area contributed by atoms with E-state index in [4.69, 9.17) is 9.47 Å². The second-order valence-corrected chi connectivity index (χ2v) is 10.7. The zero-order valence-electron chi connectivity index (χ0n) is 22.9. The largest absolute Gasteiger partial charge is 0.497 e. The van der Waals surface area contributed by atoms with Crippen molar-refractivity contribution in [2.24, 2.45) is 5.41 Å². The van der Waals surface area contributed by atoms with Crippen LogP contribution in [0.2, 0.25) is 0 Å². The van der Waals surface area contributed by atoms with Gasteiger partial charge in [-0.3, -0.25) is 14.4 Å². The van der Waals surface area contributed by atoms with Gasteiger partial charge in [0.25, 0.3) is 0 Å². The van der Waals surface area contributed by atoms with Crippen LogP contribution in [0.5, 0.6) is 11.5 Å². The van der Waals surface area contributed by atoms with Gasteiger partial charge in [-0.1, -0.05) is 72.8 Å². The number of carbonyl (C=O) groups is 3. The van der Waals surface area contributed by atoms with Gasteiger partial charge in [0.05, 0.1) is 20.3 Å². The topological polar surface area (TPSA) is 72.9 Å². The van der Waals surface area contributed by atoms with Gasteiger partial charge in [-0.15, -0.1) is 0 Å². The maximum atomic E-state index is 14.7. The van der Waals surface area contributed by atoms with Gasteiger partial charge in [0.1, 0.15) is 28.8 Å². The Hall–Kier alpha value is -5.04. The van der Waals surface area contributed by atoms with Crippen LogP contribution in [0.25, 0.3) is 6.08 Å². The van der Waals surface area contributed by atoms with Crippen LogP contribution in [0.4, 0.5) is 10.1 Å². The normalized spacial score (nSPS) is 21.2. The lowest BCUT2D eigenvalue weighted by atomic mass is 9.64. The van der Waals surface area contributed by atoms with Crippen molar-refractivity contribution in [3.8, 4) is 11.5 Å². The predicted octanol–water partition coefficient (Wildman–Crippen LogP) is 6.16. The van der Waals surface area contributed by atoms with Crippen LogP contribution < -0.4 is 14.4 Å². The average molecular weight is 560 g/mol. The first-order valence-electron chi connectivity index (χ1n) is 13.7. The van der Waals surface area contributed by atoms with Gasteiger partial charge in [0.2, 0.25) is 0 Å². The summed E-state index contributed by atoms with van der Waals surface area (Å²) >= 11 is 0. The third kappa shape index (κ3) is 3.40. The molecule has 7 rings (SSSR count). The van der Waals surface area contributed by atoms with E-state index < -0.39 is 29.2 Å². The summed E-state index contributed by atoms with van der Waals surface area (Å²) in [7, 11) is 3.04. The monoisotopic (exact) mass is 559 g/mol. The molecule has 6 nitrogen and oxygen atoms in total. The Labute approximate surface area is 242 Å². The third-order valence-electron chi connectivity index (χ3n) is 8.87. The number of anilines is 1. The average Bonchev–Trinajstić information content (AvgIpc) is 3.46. The zero-order chi connectivity index (χ0) is 29.2. The molecule has 1 unspecified atom stereocenters. The van der Waals surface area contributed by atoms with Crippen LogP contribution in [0.15, 0.2) is 97.1 Å². The smallest absolute Gasteiger partial charge is 0.185 e. The van der Waals surface area contributed by atoms with E-state index in [9.17, 15) is 18.8 Å². The number of Topliss-reactive ketones (excluding diaryl/α,β-unsaturated/α-hetero) is 3. The molecule has 1 saturated heterocycles. The number of halogens is 1. The molecule has 0 radical (unpaired) electrons. The van der Waals surface area contributed by atoms with E-state index in [-0.39, 0.29) is 17.3 Å². The van der Waals surface area contributed by atoms with Crippen LogP contribution in [0.1, 0.15) is 48.1 Å². The molecule has 4 aromatic rings. The molecule has 0 aromatic heterocycles. The van der Waals surface area contributed by atoms with Gasteiger partial charge in [-0.2, -0.15) is 0 Å². The molecule has 1 aliphatic carbocycles. The Bertz CT molecular complexity index is 1780. The fraction of sp³-hybridized carbons (Fsp3) is 0.171. The number of nitrogens with zero attached hydrogens (tertiary/aromatic N) is 1. The van der Waals surface area contributed by atoms with E-state index in [1.807, 2.05) is 11.0 Å². The molecule has 7 heteroatoms. The quantitative estimate of drug-likeness (QED) is 0.216. The summed E-state index contributed by atoms with van der Waals surface area (Å²) in [5, 5.41) is 0. The Morgan fingerprint density at radius 2 is 1.52 bits per heavy atom. The van der Waals surface area contributed by atoms with Gasteiger partial charge in [-0.25, -0.2) is 4.39 Å². The number of hydrogen-bond acceptors (Lipinski definition) is 6. The molecule has 0 amide bonds. The Kier molecular flexibility index (Phi) is 5.87. The molecule has 3 atom stereocenters. The number of fused-ring (bicyclic) bond motifs is 5. The van der Waals surface area contributed by atoms with Crippen LogP contribution in [0.3, 0.4) is 0 Å². The molecule has 2 aliphatic heterocycles. The molecule has 0 saturated carbocycles. The van der Waals surface area contributed by atoms with Gasteiger partial charge in [0, 0.05) is 45.5 Å². The highest BCUT2D eigenvalue weighted by atomic mass is 19.1. The molecular formula is C35H26FNO5. The van der Waals surface area contributed by atoms with Crippen molar-refractivity contribution in [2.45, 2.75) is 18.0 Å². The summed E-state index contributed by atoms with van der Waals surface area (Å²) in [5.41, 5.74) is 1.06. The van der Waals surface area contributed by atoms with Crippen LogP contribution in [0, 0.1) is 11.2 Å². The van der Waals surface area contributed by atoms with Crippen molar-refractivity contribution in [1.82, 2.24) is 0 Å². The van der Waals surface area contributed by atoms with Crippen LogP contribution in [-0.4, -0.2) is 43.7 Å². The molecule has 1 fully saturated rings. The summed E-state index contributed by atoms with van der Waals surface area (Å²) in [6, 6.07) is 23.4. The van der Waals surface area contributed by atoms with E-state index in [1.165, 1.54) is 26.4 Å². The summed E-state index contributed by atoms with van der Waals surface area (Å²) < 4.78 is 25.7. The van der Waals surface area contributed by atoms with Crippen molar-refractivity contribution in [3.63, 3.8) is 0 Å². The summed E-state index contributed by atoms with van der Waals surface area (Å²) in [6.07, 6.45) is 3.51. The van der Waals surface area contributed by atoms with Crippen LogP contribution in [-0.2, 0) is 0 Å². The number of carbonyl (C=O) groups excluding carboxylic acids is 3. The first-order chi connectivity index (χ1) is 20.4. The predicted molar refractivity (Wildman–Crippen MR) is 156 cm³/mol. The van der Waals surface area contributed by atoms with Crippen molar-refractivity contribution in [2.75, 3.05) is 19.1 Å². The van der Waals surface area contributed by atoms with Crippen molar-refractivity contribution in [3.05, 3.63) is 131 Å². The summed E-state index contributed by atoms with van der Waals surface area (Å²) in [4.78, 5) is 46.0. The lowest BCUT2D eigenvalue weighted by molar-refractivity contribution is 0.0665. The molecule has 4 aromatic carbocycles. The number of ether oxygens (including phenoxy) is 2. The van der Waals surface area contributed by atoms with Gasteiger partial charge in [-0.05, 0) is 24.3 Å². The third-order valence-corrected chi connectivity index (χ3v) is 8.87. The number of ketones is 3. The molecule has 208 valence electrons. The highest BCUT2D eigenvalue weighted by molar-refractivity contribution is 6.32. The minimum absolute atomic E-state index is 0.262. The summed E-state index contributed by atoms with van der Waals surface area (Å²) in [5.74, 6) is -1.42. The lowest BCUT2D eigenvalue weighted by Crippen LogP contribution is -2.48. The first kappa shape index (κ1) is 25.9. The van der Waals surface area contributed by atoms with Gasteiger partial charge < -0.3 is 14.4 Å². The fourth-order valence-corrected chi connectivity index (χ4v) is 7.14. The second kappa shape index (κ2) is 9.52. The number of rotatable bonds is 5. The Morgan fingerprint density at radius 1 is 0.833 bits per heavy atom. The van der Waals surface area contributed by atoms with Crippen molar-refractivity contribution in [1.29, 1.82) is 0 Å². The van der Waals surface area contributed by atoms with Crippen molar-refractivity contribution >= 4 is 29.1 Å². The SMILES string of the molecule is COc1ccc([C@H]2[C@H](C(=O)c3ccccc3)N3c4ccc(F)cc4C=CC3C23C(=O)c2ccccc2C3=O)c(OC)c1. The van der Waals surface area contributed by atoms with E-state index in [0.29, 0.717) is 45.0 Å². The van der Waals surface area contributed by atoms with E-state index in [0.717, 1.165) is 0 Å². The van der Waals surface area contributed by atoms with E-state index in [1.54, 1.807) is 84.9 Å². The Balaban J connectivity index is 1.57. The number of methoxy groups -OCH3 is 2. The van der Waals surface area contributed by atoms with Crippen LogP contribution >= 0.6 is 0 Å². The highest BCUT2D eigenvalue weighted by Crippen LogP contribution is 2.62. The minimum Gasteiger partial charge on any atom is -0.497 e. The number of hydrogen-bond donors (Lipinski definition) is 0.